The van der Waals surface area contributed by atoms with Crippen LogP contribution in [0.15, 0.2) is 18.2 Å². The summed E-state index contributed by atoms with van der Waals surface area (Å²) in [7, 11) is 0. The van der Waals surface area contributed by atoms with E-state index < -0.39 is 5.91 Å². The summed E-state index contributed by atoms with van der Waals surface area (Å²) in [6.45, 7) is 6.83. The zero-order chi connectivity index (χ0) is 17.1. The number of carbonyl (C=O) groups excluding carboxylic acids is 1. The highest BCUT2D eigenvalue weighted by Gasteiger charge is 2.27. The van der Waals surface area contributed by atoms with Crippen LogP contribution in [0.3, 0.4) is 0 Å². The fourth-order valence-electron chi connectivity index (χ4n) is 4.04. The van der Waals surface area contributed by atoms with Crippen LogP contribution < -0.4 is 5.73 Å². The number of para-hydroxylation sites is 1. The maximum absolute atomic E-state index is 11.6. The molecule has 5 heteroatoms. The van der Waals surface area contributed by atoms with Crippen molar-refractivity contribution in [3.8, 4) is 0 Å². The van der Waals surface area contributed by atoms with Crippen molar-refractivity contribution in [3.63, 3.8) is 0 Å². The molecule has 5 nitrogen and oxygen atoms in total. The number of H-pyrrole nitrogens is 1. The lowest BCUT2D eigenvalue weighted by Gasteiger charge is -2.35. The Balaban J connectivity index is 1.74. The van der Waals surface area contributed by atoms with E-state index >= 15 is 0 Å². The number of amides is 1. The second kappa shape index (κ2) is 7.34. The summed E-state index contributed by atoms with van der Waals surface area (Å²) >= 11 is 0. The first-order valence-corrected chi connectivity index (χ1v) is 9.16. The molecule has 24 heavy (non-hydrogen) atoms. The Morgan fingerprint density at radius 2 is 2.04 bits per heavy atom. The van der Waals surface area contributed by atoms with Gasteiger partial charge in [-0.25, -0.2) is 4.98 Å². The van der Waals surface area contributed by atoms with Crippen molar-refractivity contribution in [2.24, 2.45) is 5.73 Å². The maximum Gasteiger partial charge on any atom is 0.250 e. The van der Waals surface area contributed by atoms with Crippen molar-refractivity contribution < 1.29 is 4.79 Å². The van der Waals surface area contributed by atoms with Gasteiger partial charge >= 0.3 is 0 Å². The van der Waals surface area contributed by atoms with E-state index in [4.69, 9.17) is 10.7 Å². The monoisotopic (exact) mass is 328 g/mol. The van der Waals surface area contributed by atoms with Crippen molar-refractivity contribution in [1.82, 2.24) is 14.9 Å². The minimum Gasteiger partial charge on any atom is -0.366 e. The molecule has 3 N–H and O–H groups in total. The number of primary amides is 1. The van der Waals surface area contributed by atoms with Gasteiger partial charge in [-0.2, -0.15) is 0 Å². The molecule has 1 aliphatic rings. The highest BCUT2D eigenvalue weighted by atomic mass is 16.1. The van der Waals surface area contributed by atoms with E-state index in [1.165, 1.54) is 25.8 Å². The van der Waals surface area contributed by atoms with Gasteiger partial charge in [-0.15, -0.1) is 0 Å². The molecule has 0 unspecified atom stereocenters. The number of aromatic amines is 1. The Morgan fingerprint density at radius 1 is 1.29 bits per heavy atom. The molecule has 0 aliphatic heterocycles. The Kier molecular flexibility index (Phi) is 5.19. The summed E-state index contributed by atoms with van der Waals surface area (Å²) in [4.78, 5) is 22.3. The van der Waals surface area contributed by atoms with Crippen molar-refractivity contribution in [1.29, 1.82) is 0 Å². The SMILES string of the molecule is CCCN(CC)C1CCC(c2nc3c(C(N)=O)cccc3[nH]2)CC1. The predicted octanol–water partition coefficient (Wildman–Crippen LogP) is 3.42. The summed E-state index contributed by atoms with van der Waals surface area (Å²) in [6, 6.07) is 6.27. The number of nitrogens with two attached hydrogens (primary N) is 1. The van der Waals surface area contributed by atoms with Gasteiger partial charge in [0.15, 0.2) is 0 Å². The van der Waals surface area contributed by atoms with E-state index in [9.17, 15) is 4.79 Å². The molecule has 2 aromatic rings. The van der Waals surface area contributed by atoms with Gasteiger partial charge in [-0.3, -0.25) is 4.79 Å². The normalized spacial score (nSPS) is 21.5. The zero-order valence-corrected chi connectivity index (χ0v) is 14.7. The summed E-state index contributed by atoms with van der Waals surface area (Å²) in [5.74, 6) is 1.05. The number of carbonyl (C=O) groups is 1. The summed E-state index contributed by atoms with van der Waals surface area (Å²) in [6.07, 6.45) is 5.96. The molecule has 0 atom stereocenters. The Hall–Kier alpha value is -1.88. The van der Waals surface area contributed by atoms with E-state index in [0.29, 0.717) is 23.0 Å². The number of aromatic nitrogens is 2. The molecule has 0 radical (unpaired) electrons. The van der Waals surface area contributed by atoms with Gasteiger partial charge in [-0.1, -0.05) is 19.9 Å². The number of hydrogen-bond acceptors (Lipinski definition) is 3. The smallest absolute Gasteiger partial charge is 0.250 e. The van der Waals surface area contributed by atoms with Gasteiger partial charge in [0.2, 0.25) is 0 Å². The first-order chi connectivity index (χ1) is 11.6. The van der Waals surface area contributed by atoms with Gasteiger partial charge in [0.05, 0.1) is 11.1 Å². The van der Waals surface area contributed by atoms with Crippen LogP contribution in [0.5, 0.6) is 0 Å². The number of imidazole rings is 1. The molecule has 1 aliphatic carbocycles. The minimum atomic E-state index is -0.416. The summed E-state index contributed by atoms with van der Waals surface area (Å²) in [5.41, 5.74) is 7.59. The number of hydrogen-bond donors (Lipinski definition) is 2. The fraction of sp³-hybridized carbons (Fsp3) is 0.579. The predicted molar refractivity (Wildman–Crippen MR) is 97.1 cm³/mol. The third-order valence-corrected chi connectivity index (χ3v) is 5.31. The van der Waals surface area contributed by atoms with E-state index in [0.717, 1.165) is 30.7 Å². The standard InChI is InChI=1S/C19H28N4O/c1-3-12-23(4-2)14-10-8-13(9-11-14)19-21-16-7-5-6-15(18(20)24)17(16)22-19/h5-7,13-14H,3-4,8-12H2,1-2H3,(H2,20,24)(H,21,22). The number of rotatable bonds is 6. The third-order valence-electron chi connectivity index (χ3n) is 5.31. The van der Waals surface area contributed by atoms with Crippen molar-refractivity contribution >= 4 is 16.9 Å². The van der Waals surface area contributed by atoms with Crippen molar-refractivity contribution in [2.75, 3.05) is 13.1 Å². The molecular weight excluding hydrogens is 300 g/mol. The Bertz CT molecular complexity index is 700. The van der Waals surface area contributed by atoms with Crippen molar-refractivity contribution in [3.05, 3.63) is 29.6 Å². The zero-order valence-electron chi connectivity index (χ0n) is 14.7. The Morgan fingerprint density at radius 3 is 2.67 bits per heavy atom. The molecule has 1 fully saturated rings. The summed E-state index contributed by atoms with van der Waals surface area (Å²) in [5, 5.41) is 0. The third kappa shape index (κ3) is 3.31. The van der Waals surface area contributed by atoms with Crippen LogP contribution in [-0.4, -0.2) is 39.9 Å². The van der Waals surface area contributed by atoms with Gasteiger partial charge in [0.25, 0.3) is 5.91 Å². The average molecular weight is 328 g/mol. The molecule has 130 valence electrons. The first-order valence-electron chi connectivity index (χ1n) is 9.16. The molecular formula is C19H28N4O. The van der Waals surface area contributed by atoms with Crippen molar-refractivity contribution in [2.45, 2.75) is 57.9 Å². The lowest BCUT2D eigenvalue weighted by atomic mass is 9.85. The molecule has 1 aromatic carbocycles. The maximum atomic E-state index is 11.6. The largest absolute Gasteiger partial charge is 0.366 e. The number of nitrogens with zero attached hydrogens (tertiary/aromatic N) is 2. The van der Waals surface area contributed by atoms with Gasteiger partial charge in [0.1, 0.15) is 11.3 Å². The van der Waals surface area contributed by atoms with Gasteiger partial charge in [-0.05, 0) is 57.3 Å². The number of fused-ring (bicyclic) bond motifs is 1. The molecule has 1 heterocycles. The van der Waals surface area contributed by atoms with Crippen LogP contribution in [0.25, 0.3) is 11.0 Å². The van der Waals surface area contributed by atoms with Gasteiger partial charge < -0.3 is 15.6 Å². The molecule has 0 spiro atoms. The Labute approximate surface area is 143 Å². The van der Waals surface area contributed by atoms with Gasteiger partial charge in [0, 0.05) is 12.0 Å². The minimum absolute atomic E-state index is 0.416. The number of benzene rings is 1. The quantitative estimate of drug-likeness (QED) is 0.853. The molecule has 1 amide bonds. The molecule has 3 rings (SSSR count). The molecule has 0 saturated heterocycles. The molecule has 0 bridgehead atoms. The second-order valence-electron chi connectivity index (χ2n) is 6.82. The topological polar surface area (TPSA) is 75.0 Å². The van der Waals surface area contributed by atoms with E-state index in [1.807, 2.05) is 12.1 Å². The fourth-order valence-corrected chi connectivity index (χ4v) is 4.04. The highest BCUT2D eigenvalue weighted by Crippen LogP contribution is 2.34. The van der Waals surface area contributed by atoms with Crippen LogP contribution >= 0.6 is 0 Å². The van der Waals surface area contributed by atoms with E-state index in [2.05, 4.69) is 23.7 Å². The molecule has 1 saturated carbocycles. The highest BCUT2D eigenvalue weighted by molar-refractivity contribution is 6.04. The first kappa shape index (κ1) is 17.0. The van der Waals surface area contributed by atoms with Crippen LogP contribution in [-0.2, 0) is 0 Å². The number of nitrogens with one attached hydrogen (secondary N) is 1. The average Bonchev–Trinajstić information content (AvgIpc) is 3.03. The molecule has 1 aromatic heterocycles. The van der Waals surface area contributed by atoms with Crippen LogP contribution in [0.1, 0.15) is 68.1 Å². The van der Waals surface area contributed by atoms with E-state index in [-0.39, 0.29) is 0 Å². The summed E-state index contributed by atoms with van der Waals surface area (Å²) < 4.78 is 0. The second-order valence-corrected chi connectivity index (χ2v) is 6.82. The van der Waals surface area contributed by atoms with Crippen LogP contribution in [0, 0.1) is 0 Å². The lowest BCUT2D eigenvalue weighted by Crippen LogP contribution is -2.38. The van der Waals surface area contributed by atoms with Crippen LogP contribution in [0.2, 0.25) is 0 Å². The van der Waals surface area contributed by atoms with E-state index in [1.54, 1.807) is 6.07 Å². The van der Waals surface area contributed by atoms with Crippen LogP contribution in [0.4, 0.5) is 0 Å². The lowest BCUT2D eigenvalue weighted by molar-refractivity contribution is 0.100.